The van der Waals surface area contributed by atoms with Crippen molar-refractivity contribution in [2.75, 3.05) is 13.1 Å². The summed E-state index contributed by atoms with van der Waals surface area (Å²) in [7, 11) is -3.50. The minimum atomic E-state index is -3.50. The molecule has 1 fully saturated rings. The van der Waals surface area contributed by atoms with Crippen molar-refractivity contribution in [2.45, 2.75) is 43.5 Å². The molecule has 0 saturated carbocycles. The van der Waals surface area contributed by atoms with E-state index in [0.717, 1.165) is 24.8 Å². The lowest BCUT2D eigenvalue weighted by molar-refractivity contribution is 0.316. The zero-order valence-electron chi connectivity index (χ0n) is 12.2. The van der Waals surface area contributed by atoms with E-state index in [1.807, 2.05) is 12.1 Å². The molecule has 5 nitrogen and oxygen atoms in total. The number of piperidine rings is 1. The van der Waals surface area contributed by atoms with Crippen LogP contribution in [0.15, 0.2) is 34.2 Å². The molecule has 0 N–H and O–H groups in total. The zero-order chi connectivity index (χ0) is 15.3. The van der Waals surface area contributed by atoms with Crippen molar-refractivity contribution in [2.24, 2.45) is 4.99 Å². The van der Waals surface area contributed by atoms with Crippen molar-refractivity contribution < 1.29 is 13.2 Å². The van der Waals surface area contributed by atoms with Gasteiger partial charge in [-0.05, 0) is 37.0 Å². The van der Waals surface area contributed by atoms with Gasteiger partial charge < -0.3 is 0 Å². The maximum atomic E-state index is 12.6. The lowest BCUT2D eigenvalue weighted by Gasteiger charge is -2.29. The number of isocyanates is 1. The average molecular weight is 308 g/mol. The van der Waals surface area contributed by atoms with Crippen LogP contribution in [0.5, 0.6) is 0 Å². The molecule has 6 heteroatoms. The molecule has 1 aromatic rings. The molecule has 1 unspecified atom stereocenters. The van der Waals surface area contributed by atoms with Crippen LogP contribution in [-0.2, 0) is 21.2 Å². The van der Waals surface area contributed by atoms with Crippen LogP contribution in [0.1, 0.15) is 31.7 Å². The predicted molar refractivity (Wildman–Crippen MR) is 80.3 cm³/mol. The minimum Gasteiger partial charge on any atom is -0.211 e. The van der Waals surface area contributed by atoms with Crippen LogP contribution < -0.4 is 0 Å². The molecule has 21 heavy (non-hydrogen) atoms. The van der Waals surface area contributed by atoms with Gasteiger partial charge in [0.1, 0.15) is 0 Å². The molecular weight excluding hydrogens is 288 g/mol. The Morgan fingerprint density at radius 3 is 2.67 bits per heavy atom. The maximum absolute atomic E-state index is 12.6. The molecule has 0 amide bonds. The SMILES string of the molecule is CCCc1ccc(S(=O)(=O)N2CCCC(N=C=O)C2)cc1. The highest BCUT2D eigenvalue weighted by atomic mass is 32.2. The van der Waals surface area contributed by atoms with Crippen LogP contribution in [0.4, 0.5) is 0 Å². The van der Waals surface area contributed by atoms with Gasteiger partial charge in [0, 0.05) is 13.1 Å². The van der Waals surface area contributed by atoms with Gasteiger partial charge in [0.15, 0.2) is 0 Å². The molecule has 0 aliphatic carbocycles. The van der Waals surface area contributed by atoms with Gasteiger partial charge in [-0.15, -0.1) is 0 Å². The van der Waals surface area contributed by atoms with Crippen molar-refractivity contribution in [1.82, 2.24) is 4.31 Å². The summed E-state index contributed by atoms with van der Waals surface area (Å²) in [5.74, 6) is 0. The van der Waals surface area contributed by atoms with E-state index >= 15 is 0 Å². The molecule has 1 aromatic carbocycles. The maximum Gasteiger partial charge on any atom is 0.243 e. The first-order chi connectivity index (χ1) is 10.1. The molecule has 1 aliphatic rings. The minimum absolute atomic E-state index is 0.258. The third-order valence-electron chi connectivity index (χ3n) is 3.69. The molecule has 1 heterocycles. The first-order valence-corrected chi connectivity index (χ1v) is 8.68. The van der Waals surface area contributed by atoms with Crippen LogP contribution in [0, 0.1) is 0 Å². The number of benzene rings is 1. The average Bonchev–Trinajstić information content (AvgIpc) is 2.49. The molecular formula is C15H20N2O3S. The standard InChI is InChI=1S/C15H20N2O3S/c1-2-4-13-6-8-15(9-7-13)21(19,20)17-10-3-5-14(11-17)16-12-18/h6-9,14H,2-5,10-11H2,1H3. The fraction of sp³-hybridized carbons (Fsp3) is 0.533. The van der Waals surface area contributed by atoms with Gasteiger partial charge in [-0.3, -0.25) is 0 Å². The van der Waals surface area contributed by atoms with E-state index in [2.05, 4.69) is 11.9 Å². The number of nitrogens with zero attached hydrogens (tertiary/aromatic N) is 2. The number of carbonyl (C=O) groups excluding carboxylic acids is 1. The monoisotopic (exact) mass is 308 g/mol. The summed E-state index contributed by atoms with van der Waals surface area (Å²) < 4.78 is 26.6. The number of hydrogen-bond donors (Lipinski definition) is 0. The highest BCUT2D eigenvalue weighted by Gasteiger charge is 2.30. The van der Waals surface area contributed by atoms with Crippen molar-refractivity contribution in [3.05, 3.63) is 29.8 Å². The predicted octanol–water partition coefficient (Wildman–Crippen LogP) is 2.13. The lowest BCUT2D eigenvalue weighted by Crippen LogP contribution is -2.41. The third-order valence-corrected chi connectivity index (χ3v) is 5.57. The second kappa shape index (κ2) is 6.98. The fourth-order valence-electron chi connectivity index (χ4n) is 2.58. The Labute approximate surface area is 125 Å². The Morgan fingerprint density at radius 1 is 1.33 bits per heavy atom. The van der Waals surface area contributed by atoms with Crippen LogP contribution in [0.3, 0.4) is 0 Å². The number of hydrogen-bond acceptors (Lipinski definition) is 4. The number of aliphatic imine (C=N–C) groups is 1. The summed E-state index contributed by atoms with van der Waals surface area (Å²) >= 11 is 0. The Balaban J connectivity index is 2.18. The van der Waals surface area contributed by atoms with E-state index in [1.54, 1.807) is 12.1 Å². The Bertz CT molecular complexity index is 619. The van der Waals surface area contributed by atoms with Crippen molar-refractivity contribution >= 4 is 16.1 Å². The topological polar surface area (TPSA) is 66.8 Å². The summed E-state index contributed by atoms with van der Waals surface area (Å²) in [5.41, 5.74) is 1.14. The summed E-state index contributed by atoms with van der Waals surface area (Å²) in [5, 5.41) is 0. The van der Waals surface area contributed by atoms with Crippen LogP contribution >= 0.6 is 0 Å². The van der Waals surface area contributed by atoms with Crippen LogP contribution in [0.2, 0.25) is 0 Å². The zero-order valence-corrected chi connectivity index (χ0v) is 13.0. The number of aryl methyl sites for hydroxylation is 1. The van der Waals surface area contributed by atoms with Gasteiger partial charge in [0.2, 0.25) is 16.1 Å². The van der Waals surface area contributed by atoms with Gasteiger partial charge >= 0.3 is 0 Å². The van der Waals surface area contributed by atoms with Gasteiger partial charge in [-0.2, -0.15) is 4.31 Å². The fourth-order valence-corrected chi connectivity index (χ4v) is 4.10. The molecule has 2 rings (SSSR count). The first kappa shape index (κ1) is 15.9. The summed E-state index contributed by atoms with van der Waals surface area (Å²) in [6, 6.07) is 6.77. The second-order valence-electron chi connectivity index (χ2n) is 5.27. The van der Waals surface area contributed by atoms with E-state index in [-0.39, 0.29) is 12.6 Å². The molecule has 0 spiro atoms. The molecule has 0 bridgehead atoms. The second-order valence-corrected chi connectivity index (χ2v) is 7.21. The quantitative estimate of drug-likeness (QED) is 0.618. The normalized spacial score (nSPS) is 20.0. The Hall–Kier alpha value is -1.49. The highest BCUT2D eigenvalue weighted by Crippen LogP contribution is 2.22. The van der Waals surface area contributed by atoms with E-state index < -0.39 is 10.0 Å². The van der Waals surface area contributed by atoms with Crippen LogP contribution in [-0.4, -0.2) is 37.9 Å². The molecule has 1 atom stereocenters. The summed E-state index contributed by atoms with van der Waals surface area (Å²) in [6.07, 6.45) is 4.94. The number of rotatable bonds is 5. The molecule has 0 aromatic heterocycles. The van der Waals surface area contributed by atoms with Crippen molar-refractivity contribution in [1.29, 1.82) is 0 Å². The smallest absolute Gasteiger partial charge is 0.211 e. The number of sulfonamides is 1. The third kappa shape index (κ3) is 3.79. The van der Waals surface area contributed by atoms with E-state index in [0.29, 0.717) is 17.9 Å². The van der Waals surface area contributed by atoms with E-state index in [4.69, 9.17) is 0 Å². The van der Waals surface area contributed by atoms with E-state index in [1.165, 1.54) is 10.4 Å². The lowest BCUT2D eigenvalue weighted by atomic mass is 10.1. The van der Waals surface area contributed by atoms with E-state index in [9.17, 15) is 13.2 Å². The van der Waals surface area contributed by atoms with Gasteiger partial charge in [-0.1, -0.05) is 25.5 Å². The largest absolute Gasteiger partial charge is 0.243 e. The summed E-state index contributed by atoms with van der Waals surface area (Å²) in [4.78, 5) is 14.3. The first-order valence-electron chi connectivity index (χ1n) is 7.24. The van der Waals surface area contributed by atoms with Gasteiger partial charge in [0.25, 0.3) is 0 Å². The molecule has 0 radical (unpaired) electrons. The Kier molecular flexibility index (Phi) is 5.28. The van der Waals surface area contributed by atoms with Gasteiger partial charge in [-0.25, -0.2) is 18.2 Å². The van der Waals surface area contributed by atoms with Crippen molar-refractivity contribution in [3.8, 4) is 0 Å². The summed E-state index contributed by atoms with van der Waals surface area (Å²) in [6.45, 7) is 2.82. The highest BCUT2D eigenvalue weighted by molar-refractivity contribution is 7.89. The van der Waals surface area contributed by atoms with Crippen LogP contribution in [0.25, 0.3) is 0 Å². The van der Waals surface area contributed by atoms with Crippen molar-refractivity contribution in [3.63, 3.8) is 0 Å². The van der Waals surface area contributed by atoms with Gasteiger partial charge in [0.05, 0.1) is 10.9 Å². The molecule has 1 saturated heterocycles. The molecule has 114 valence electrons. The Morgan fingerprint density at radius 2 is 2.05 bits per heavy atom. The molecule has 1 aliphatic heterocycles.